The van der Waals surface area contributed by atoms with Crippen molar-refractivity contribution < 1.29 is 13.6 Å². The summed E-state index contributed by atoms with van der Waals surface area (Å²) < 4.78 is 26.7. The molecule has 22 heavy (non-hydrogen) atoms. The number of anilines is 1. The summed E-state index contributed by atoms with van der Waals surface area (Å²) in [5, 5.41) is 2.43. The van der Waals surface area contributed by atoms with Crippen molar-refractivity contribution in [2.45, 2.75) is 19.6 Å². The van der Waals surface area contributed by atoms with Gasteiger partial charge in [0.15, 0.2) is 0 Å². The van der Waals surface area contributed by atoms with Crippen LogP contribution < -0.4 is 5.32 Å². The summed E-state index contributed by atoms with van der Waals surface area (Å²) in [7, 11) is 0. The number of nitrogens with one attached hydrogen (secondary N) is 1. The molecule has 0 aliphatic carbocycles. The summed E-state index contributed by atoms with van der Waals surface area (Å²) in [5.41, 5.74) is 2.37. The van der Waals surface area contributed by atoms with E-state index in [-0.39, 0.29) is 5.69 Å². The standard InChI is InChI=1S/C16H13F2NOS2/c1-8-9(2)22-14-6-15(21-7-11(8)14)16(20)19-13-5-10(17)3-4-12(13)18/h3-6H,7H2,1-2H3,(H,19,20). The monoisotopic (exact) mass is 337 g/mol. The number of amides is 1. The number of rotatable bonds is 2. The fraction of sp³-hybridized carbons (Fsp3) is 0.188. The molecule has 2 aromatic rings. The van der Waals surface area contributed by atoms with Gasteiger partial charge in [-0.3, -0.25) is 4.79 Å². The van der Waals surface area contributed by atoms with Crippen molar-refractivity contribution in [1.29, 1.82) is 0 Å². The van der Waals surface area contributed by atoms with Gasteiger partial charge >= 0.3 is 0 Å². The SMILES string of the molecule is Cc1sc2c(c1C)CSC(C(=O)Nc1cc(F)ccc1F)=C2. The van der Waals surface area contributed by atoms with Gasteiger partial charge in [-0.2, -0.15) is 0 Å². The fourth-order valence-corrected chi connectivity index (χ4v) is 4.57. The lowest BCUT2D eigenvalue weighted by Gasteiger charge is -2.14. The Bertz CT molecular complexity index is 796. The van der Waals surface area contributed by atoms with Crippen LogP contribution in [0.2, 0.25) is 0 Å². The second-order valence-electron chi connectivity index (χ2n) is 5.00. The number of benzene rings is 1. The predicted octanol–water partition coefficient (Wildman–Crippen LogP) is 4.87. The van der Waals surface area contributed by atoms with Crippen LogP contribution in [0.3, 0.4) is 0 Å². The molecule has 2 heterocycles. The Balaban J connectivity index is 1.85. The zero-order valence-corrected chi connectivity index (χ0v) is 13.6. The van der Waals surface area contributed by atoms with E-state index in [1.54, 1.807) is 11.3 Å². The van der Waals surface area contributed by atoms with E-state index in [2.05, 4.69) is 19.2 Å². The van der Waals surface area contributed by atoms with E-state index in [1.165, 1.54) is 27.8 Å². The zero-order chi connectivity index (χ0) is 15.9. The molecule has 0 saturated carbocycles. The molecule has 1 aromatic heterocycles. The topological polar surface area (TPSA) is 29.1 Å². The molecular formula is C16H13F2NOS2. The Hall–Kier alpha value is -1.66. The van der Waals surface area contributed by atoms with Gasteiger partial charge in [-0.15, -0.1) is 23.1 Å². The minimum Gasteiger partial charge on any atom is -0.319 e. The summed E-state index contributed by atoms with van der Waals surface area (Å²) in [6.07, 6.45) is 1.82. The second kappa shape index (κ2) is 5.85. The van der Waals surface area contributed by atoms with E-state index in [4.69, 9.17) is 0 Å². The Morgan fingerprint density at radius 3 is 2.82 bits per heavy atom. The molecule has 6 heteroatoms. The van der Waals surface area contributed by atoms with Gasteiger partial charge in [0.05, 0.1) is 10.6 Å². The molecule has 2 nitrogen and oxygen atoms in total. The quantitative estimate of drug-likeness (QED) is 0.847. The number of thiophene rings is 1. The van der Waals surface area contributed by atoms with E-state index in [0.29, 0.717) is 4.91 Å². The van der Waals surface area contributed by atoms with Crippen LogP contribution in [0.15, 0.2) is 23.1 Å². The van der Waals surface area contributed by atoms with E-state index in [1.807, 2.05) is 6.08 Å². The van der Waals surface area contributed by atoms with Crippen molar-refractivity contribution in [3.8, 4) is 0 Å². The van der Waals surface area contributed by atoms with Crippen molar-refractivity contribution >= 4 is 40.8 Å². The van der Waals surface area contributed by atoms with Crippen LogP contribution in [0.5, 0.6) is 0 Å². The fourth-order valence-electron chi connectivity index (χ4n) is 2.22. The van der Waals surface area contributed by atoms with Crippen molar-refractivity contribution in [3.05, 3.63) is 55.6 Å². The number of thioether (sulfide) groups is 1. The predicted molar refractivity (Wildman–Crippen MR) is 88.1 cm³/mol. The molecular weight excluding hydrogens is 324 g/mol. The number of carbonyl (C=O) groups is 1. The lowest BCUT2D eigenvalue weighted by atomic mass is 10.1. The van der Waals surface area contributed by atoms with E-state index >= 15 is 0 Å². The van der Waals surface area contributed by atoms with Gasteiger partial charge in [0.25, 0.3) is 5.91 Å². The maximum atomic E-state index is 13.6. The number of aryl methyl sites for hydroxylation is 1. The molecule has 0 bridgehead atoms. The first-order valence-electron chi connectivity index (χ1n) is 6.65. The van der Waals surface area contributed by atoms with Gasteiger partial charge in [-0.25, -0.2) is 8.78 Å². The second-order valence-corrected chi connectivity index (χ2v) is 7.28. The van der Waals surface area contributed by atoms with Crippen LogP contribution in [-0.4, -0.2) is 5.91 Å². The van der Waals surface area contributed by atoms with Crippen LogP contribution in [-0.2, 0) is 10.5 Å². The maximum Gasteiger partial charge on any atom is 0.262 e. The summed E-state index contributed by atoms with van der Waals surface area (Å²) in [4.78, 5) is 15.1. The molecule has 0 saturated heterocycles. The van der Waals surface area contributed by atoms with Crippen LogP contribution in [0.4, 0.5) is 14.5 Å². The molecule has 1 aliphatic heterocycles. The van der Waals surface area contributed by atoms with Crippen LogP contribution in [0.25, 0.3) is 6.08 Å². The first-order chi connectivity index (χ1) is 10.5. The first-order valence-corrected chi connectivity index (χ1v) is 8.45. The van der Waals surface area contributed by atoms with E-state index in [9.17, 15) is 13.6 Å². The van der Waals surface area contributed by atoms with Gasteiger partial charge in [0, 0.05) is 21.6 Å². The molecule has 114 valence electrons. The highest BCUT2D eigenvalue weighted by molar-refractivity contribution is 8.03. The van der Waals surface area contributed by atoms with E-state index < -0.39 is 17.5 Å². The van der Waals surface area contributed by atoms with Crippen LogP contribution >= 0.6 is 23.1 Å². The summed E-state index contributed by atoms with van der Waals surface area (Å²) in [6, 6.07) is 2.99. The maximum absolute atomic E-state index is 13.6. The molecule has 1 amide bonds. The largest absolute Gasteiger partial charge is 0.319 e. The average molecular weight is 337 g/mol. The van der Waals surface area contributed by atoms with Gasteiger partial charge in [0.1, 0.15) is 11.6 Å². The number of halogens is 2. The van der Waals surface area contributed by atoms with Gasteiger partial charge in [-0.1, -0.05) is 0 Å². The van der Waals surface area contributed by atoms with Gasteiger partial charge < -0.3 is 5.32 Å². The number of carbonyl (C=O) groups excluding carboxylic acids is 1. The highest BCUT2D eigenvalue weighted by Gasteiger charge is 2.21. The minimum absolute atomic E-state index is 0.143. The van der Waals surface area contributed by atoms with Crippen molar-refractivity contribution in [2.75, 3.05) is 5.32 Å². The Morgan fingerprint density at radius 1 is 1.27 bits per heavy atom. The van der Waals surface area contributed by atoms with Gasteiger partial charge in [-0.05, 0) is 43.2 Å². The zero-order valence-electron chi connectivity index (χ0n) is 12.0. The molecule has 0 fully saturated rings. The summed E-state index contributed by atoms with van der Waals surface area (Å²) in [5.74, 6) is -0.937. The van der Waals surface area contributed by atoms with Crippen LogP contribution in [0.1, 0.15) is 20.9 Å². The molecule has 1 aliphatic rings. The summed E-state index contributed by atoms with van der Waals surface area (Å²) >= 11 is 3.06. The molecule has 3 rings (SSSR count). The third-order valence-corrected chi connectivity index (χ3v) is 5.82. The Morgan fingerprint density at radius 2 is 2.05 bits per heavy atom. The summed E-state index contributed by atoms with van der Waals surface area (Å²) in [6.45, 7) is 4.13. The lowest BCUT2D eigenvalue weighted by molar-refractivity contribution is -0.112. The molecule has 0 radical (unpaired) electrons. The van der Waals surface area contributed by atoms with Crippen molar-refractivity contribution in [2.24, 2.45) is 0 Å². The first kappa shape index (κ1) is 15.2. The lowest BCUT2D eigenvalue weighted by Crippen LogP contribution is -2.15. The third-order valence-electron chi connectivity index (χ3n) is 3.58. The number of hydrogen-bond donors (Lipinski definition) is 1. The van der Waals surface area contributed by atoms with Crippen molar-refractivity contribution in [3.63, 3.8) is 0 Å². The normalized spacial score (nSPS) is 13.5. The average Bonchev–Trinajstić information content (AvgIpc) is 2.77. The third kappa shape index (κ3) is 2.80. The highest BCUT2D eigenvalue weighted by Crippen LogP contribution is 2.39. The minimum atomic E-state index is -0.653. The van der Waals surface area contributed by atoms with Gasteiger partial charge in [0.2, 0.25) is 0 Å². The number of fused-ring (bicyclic) bond motifs is 1. The van der Waals surface area contributed by atoms with Crippen molar-refractivity contribution in [1.82, 2.24) is 0 Å². The Kier molecular flexibility index (Phi) is 4.06. The van der Waals surface area contributed by atoms with Crippen LogP contribution in [0, 0.1) is 25.5 Å². The highest BCUT2D eigenvalue weighted by atomic mass is 32.2. The molecule has 1 aromatic carbocycles. The molecule has 0 spiro atoms. The number of hydrogen-bond acceptors (Lipinski definition) is 3. The molecule has 0 atom stereocenters. The smallest absolute Gasteiger partial charge is 0.262 e. The molecule has 1 N–H and O–H groups in total. The molecule has 0 unspecified atom stereocenters. The Labute approximate surface area is 135 Å². The van der Waals surface area contributed by atoms with E-state index in [0.717, 1.165) is 28.8 Å².